The molecule has 0 N–H and O–H groups in total. The van der Waals surface area contributed by atoms with Crippen LogP contribution in [0.1, 0.15) is 53.1 Å². The zero-order valence-electron chi connectivity index (χ0n) is 26.9. The first-order valence-corrected chi connectivity index (χ1v) is 16.8. The van der Waals surface area contributed by atoms with Gasteiger partial charge in [-0.2, -0.15) is 0 Å². The van der Waals surface area contributed by atoms with E-state index in [1.165, 1.54) is 50.1 Å². The lowest BCUT2D eigenvalue weighted by Crippen LogP contribution is -2.41. The number of benzene rings is 6. The third kappa shape index (κ3) is 3.82. The fourth-order valence-electron chi connectivity index (χ4n) is 8.68. The zero-order valence-corrected chi connectivity index (χ0v) is 26.9. The van der Waals surface area contributed by atoms with Gasteiger partial charge in [-0.3, -0.25) is 0 Å². The number of anilines is 2. The summed E-state index contributed by atoms with van der Waals surface area (Å²) in [7, 11) is 0. The molecular weight excluding hydrogens is 583 g/mol. The molecule has 3 aliphatic rings. The number of hydrogen-bond donors (Lipinski definition) is 0. The van der Waals surface area contributed by atoms with Crippen LogP contribution in [0, 0.1) is 0 Å². The molecule has 7 aromatic rings. The number of rotatable bonds is 3. The zero-order chi connectivity index (χ0) is 32.0. The van der Waals surface area contributed by atoms with Crippen LogP contribution in [0.25, 0.3) is 44.9 Å². The second-order valence-electron chi connectivity index (χ2n) is 13.8. The van der Waals surface area contributed by atoms with E-state index in [0.717, 1.165) is 33.8 Å². The maximum absolute atomic E-state index is 5.48. The molecule has 0 fully saturated rings. The van der Waals surface area contributed by atoms with Crippen LogP contribution in [-0.2, 0) is 5.41 Å². The molecule has 3 heteroatoms. The van der Waals surface area contributed by atoms with Gasteiger partial charge >= 0.3 is 0 Å². The minimum atomic E-state index is -0.0986. The molecule has 228 valence electrons. The van der Waals surface area contributed by atoms with Gasteiger partial charge in [0.2, 0.25) is 5.95 Å². The van der Waals surface area contributed by atoms with Crippen LogP contribution in [0.4, 0.5) is 11.6 Å². The second-order valence-corrected chi connectivity index (χ2v) is 13.8. The minimum Gasteiger partial charge on any atom is -0.301 e. The summed E-state index contributed by atoms with van der Waals surface area (Å²) in [4.78, 5) is 13.3. The summed E-state index contributed by atoms with van der Waals surface area (Å²) < 4.78 is 0. The molecule has 0 bridgehead atoms. The van der Waals surface area contributed by atoms with E-state index < -0.39 is 0 Å². The van der Waals surface area contributed by atoms with Gasteiger partial charge in [-0.25, -0.2) is 9.97 Å². The number of fused-ring (bicyclic) bond motifs is 7. The highest BCUT2D eigenvalue weighted by atomic mass is 15.3. The fourth-order valence-corrected chi connectivity index (χ4v) is 8.68. The molecule has 2 heterocycles. The predicted molar refractivity (Wildman–Crippen MR) is 198 cm³/mol. The van der Waals surface area contributed by atoms with E-state index >= 15 is 0 Å². The Hall–Kier alpha value is -5.80. The summed E-state index contributed by atoms with van der Waals surface area (Å²) >= 11 is 0. The Kier molecular flexibility index (Phi) is 5.75. The summed E-state index contributed by atoms with van der Waals surface area (Å²) in [5.74, 6) is 0.872. The van der Waals surface area contributed by atoms with E-state index in [9.17, 15) is 0 Å². The van der Waals surface area contributed by atoms with Crippen LogP contribution in [0.5, 0.6) is 0 Å². The van der Waals surface area contributed by atoms with Crippen molar-refractivity contribution >= 4 is 34.2 Å². The van der Waals surface area contributed by atoms with Crippen molar-refractivity contribution in [2.45, 2.75) is 31.2 Å². The Morgan fingerprint density at radius 1 is 0.583 bits per heavy atom. The van der Waals surface area contributed by atoms with E-state index in [4.69, 9.17) is 9.97 Å². The quantitative estimate of drug-likeness (QED) is 0.198. The van der Waals surface area contributed by atoms with Gasteiger partial charge in [0.15, 0.2) is 0 Å². The van der Waals surface area contributed by atoms with Crippen LogP contribution in [0.3, 0.4) is 0 Å². The first-order chi connectivity index (χ1) is 23.6. The maximum atomic E-state index is 5.48. The van der Waals surface area contributed by atoms with Gasteiger partial charge in [0, 0.05) is 27.8 Å². The SMILES string of the molecule is CC1(C)c2ccccc2C2c3c(cccc31)C=C1c3ccccc3N(c3nc(-c4ccc(-c5ccccc5)cc4)c4ccccc4n3)C12. The van der Waals surface area contributed by atoms with E-state index in [2.05, 4.69) is 170 Å². The number of aromatic nitrogens is 2. The second kappa shape index (κ2) is 10.1. The van der Waals surface area contributed by atoms with Crippen LogP contribution < -0.4 is 4.90 Å². The van der Waals surface area contributed by atoms with Crippen molar-refractivity contribution in [2.75, 3.05) is 4.90 Å². The lowest BCUT2D eigenvalue weighted by Gasteiger charge is -2.46. The molecule has 0 saturated carbocycles. The summed E-state index contributed by atoms with van der Waals surface area (Å²) in [5.41, 5.74) is 16.0. The van der Waals surface area contributed by atoms with Crippen molar-refractivity contribution in [3.63, 3.8) is 0 Å². The molecule has 1 aliphatic heterocycles. The van der Waals surface area contributed by atoms with Crippen molar-refractivity contribution in [1.29, 1.82) is 0 Å². The van der Waals surface area contributed by atoms with Crippen molar-refractivity contribution < 1.29 is 0 Å². The number of nitrogens with zero attached hydrogens (tertiary/aromatic N) is 3. The monoisotopic (exact) mass is 615 g/mol. The Morgan fingerprint density at radius 3 is 2.15 bits per heavy atom. The molecular formula is C45H33N3. The summed E-state index contributed by atoms with van der Waals surface area (Å²) in [6.07, 6.45) is 2.44. The van der Waals surface area contributed by atoms with E-state index in [1.54, 1.807) is 0 Å². The van der Waals surface area contributed by atoms with Gasteiger partial charge in [0.1, 0.15) is 0 Å². The summed E-state index contributed by atoms with van der Waals surface area (Å²) in [6, 6.07) is 52.6. The topological polar surface area (TPSA) is 29.0 Å². The Bertz CT molecular complexity index is 2440. The van der Waals surface area contributed by atoms with Gasteiger partial charge < -0.3 is 4.90 Å². The average molecular weight is 616 g/mol. The largest absolute Gasteiger partial charge is 0.301 e. The van der Waals surface area contributed by atoms with Gasteiger partial charge in [-0.05, 0) is 62.7 Å². The third-order valence-electron chi connectivity index (χ3n) is 10.9. The Morgan fingerprint density at radius 2 is 1.27 bits per heavy atom. The van der Waals surface area contributed by atoms with Gasteiger partial charge in [-0.1, -0.05) is 147 Å². The number of para-hydroxylation sites is 2. The predicted octanol–water partition coefficient (Wildman–Crippen LogP) is 10.8. The summed E-state index contributed by atoms with van der Waals surface area (Å²) in [6.45, 7) is 4.75. The van der Waals surface area contributed by atoms with Crippen LogP contribution >= 0.6 is 0 Å². The standard InChI is InChI=1S/C45H33N3/c1-45(2)36-19-9-6-17-33(36)41-40-31(15-12-20-37(40)45)27-35-32-16-8-11-22-39(32)48(43(35)41)44-46-38-21-10-7-18-34(38)42(47-44)30-25-23-29(24-26-30)28-13-4-3-5-14-28/h3-27,41,43H,1-2H3. The van der Waals surface area contributed by atoms with Crippen molar-refractivity contribution in [2.24, 2.45) is 0 Å². The third-order valence-corrected chi connectivity index (χ3v) is 10.9. The molecule has 2 unspecified atom stereocenters. The molecule has 0 saturated heterocycles. The first kappa shape index (κ1) is 27.3. The normalized spacial score (nSPS) is 18.0. The molecule has 0 spiro atoms. The molecule has 10 rings (SSSR count). The smallest absolute Gasteiger partial charge is 0.231 e. The van der Waals surface area contributed by atoms with Crippen molar-refractivity contribution in [1.82, 2.24) is 9.97 Å². The molecule has 6 aromatic carbocycles. The highest BCUT2D eigenvalue weighted by Crippen LogP contribution is 2.59. The summed E-state index contributed by atoms with van der Waals surface area (Å²) in [5, 5.41) is 1.05. The molecule has 2 aliphatic carbocycles. The molecule has 0 radical (unpaired) electrons. The van der Waals surface area contributed by atoms with Crippen molar-refractivity contribution in [3.8, 4) is 22.4 Å². The van der Waals surface area contributed by atoms with Gasteiger partial charge in [0.25, 0.3) is 0 Å². The van der Waals surface area contributed by atoms with Crippen LogP contribution in [0.2, 0.25) is 0 Å². The van der Waals surface area contributed by atoms with Crippen LogP contribution in [-0.4, -0.2) is 16.0 Å². The average Bonchev–Trinajstić information content (AvgIpc) is 3.47. The highest BCUT2D eigenvalue weighted by Gasteiger charge is 2.50. The lowest BCUT2D eigenvalue weighted by atomic mass is 9.60. The maximum Gasteiger partial charge on any atom is 0.231 e. The van der Waals surface area contributed by atoms with Gasteiger partial charge in [0.05, 0.1) is 22.9 Å². The van der Waals surface area contributed by atoms with Crippen LogP contribution in [0.15, 0.2) is 146 Å². The highest BCUT2D eigenvalue weighted by molar-refractivity contribution is 6.02. The Labute approximate surface area is 280 Å². The van der Waals surface area contributed by atoms with Gasteiger partial charge in [-0.15, -0.1) is 0 Å². The van der Waals surface area contributed by atoms with E-state index in [0.29, 0.717) is 0 Å². The molecule has 0 amide bonds. The minimum absolute atomic E-state index is 0.0165. The molecule has 48 heavy (non-hydrogen) atoms. The molecule has 1 aromatic heterocycles. The number of hydrogen-bond acceptors (Lipinski definition) is 3. The Balaban J connectivity index is 1.20. The molecule has 3 nitrogen and oxygen atoms in total. The van der Waals surface area contributed by atoms with Crippen molar-refractivity contribution in [3.05, 3.63) is 179 Å². The van der Waals surface area contributed by atoms with E-state index in [1.807, 2.05) is 0 Å². The van der Waals surface area contributed by atoms with E-state index in [-0.39, 0.29) is 17.4 Å². The fraction of sp³-hybridized carbons (Fsp3) is 0.111. The molecule has 2 atom stereocenters. The first-order valence-electron chi connectivity index (χ1n) is 16.8. The lowest BCUT2D eigenvalue weighted by molar-refractivity contribution is 0.560.